The summed E-state index contributed by atoms with van der Waals surface area (Å²) < 4.78 is 51.3. The molecule has 1 aliphatic heterocycles. The second-order valence-electron chi connectivity index (χ2n) is 9.72. The fraction of sp³-hybridized carbons (Fsp3) is 0.357. The highest BCUT2D eigenvalue weighted by Crippen LogP contribution is 2.37. The molecule has 1 fully saturated rings. The highest BCUT2D eigenvalue weighted by molar-refractivity contribution is 6.00. The van der Waals surface area contributed by atoms with Gasteiger partial charge in [0, 0.05) is 42.4 Å². The Labute approximate surface area is 238 Å². The zero-order valence-electron chi connectivity index (χ0n) is 23.1. The standard InChI is InChI=1S/C28H28F3N7O4/c1-15(32)24-23(27(39)38-13-9-16(10-14-38)21(37-41-3)25-33-11-4-12-34-25)36-26(42-24)18-5-7-19(40-2)22-17(18)6-8-20(35-22)28(29,30)31/h4-8,11-12,15-16H,9-10,13-14,32H2,1-3H3/t15-/m0/s1. The first kappa shape index (κ1) is 28.9. The summed E-state index contributed by atoms with van der Waals surface area (Å²) in [5.74, 6) is 0.415. The number of ether oxygens (including phenoxy) is 1. The number of carbonyl (C=O) groups is 1. The van der Waals surface area contributed by atoms with Crippen molar-refractivity contribution in [3.8, 4) is 17.2 Å². The number of likely N-dealkylation sites (tertiary alicyclic amines) is 1. The highest BCUT2D eigenvalue weighted by atomic mass is 19.4. The van der Waals surface area contributed by atoms with Gasteiger partial charge < -0.3 is 24.6 Å². The lowest BCUT2D eigenvalue weighted by Gasteiger charge is -2.31. The monoisotopic (exact) mass is 583 g/mol. The van der Waals surface area contributed by atoms with Crippen LogP contribution < -0.4 is 10.5 Å². The molecule has 5 rings (SSSR count). The number of methoxy groups -OCH3 is 1. The number of carbonyl (C=O) groups excluding carboxylic acids is 1. The molecular weight excluding hydrogens is 555 g/mol. The van der Waals surface area contributed by atoms with Crippen LogP contribution in [0.3, 0.4) is 0 Å². The van der Waals surface area contributed by atoms with E-state index in [2.05, 4.69) is 25.1 Å². The summed E-state index contributed by atoms with van der Waals surface area (Å²) in [7, 11) is 2.79. The van der Waals surface area contributed by atoms with Crippen LogP contribution in [0.15, 0.2) is 52.3 Å². The maximum Gasteiger partial charge on any atom is 0.433 e. The molecule has 220 valence electrons. The number of pyridine rings is 1. The molecule has 4 aromatic rings. The Morgan fingerprint density at radius 3 is 2.45 bits per heavy atom. The minimum Gasteiger partial charge on any atom is -0.494 e. The molecule has 0 aliphatic carbocycles. The van der Waals surface area contributed by atoms with E-state index in [1.807, 2.05) is 0 Å². The number of hydrogen-bond acceptors (Lipinski definition) is 10. The molecule has 1 amide bonds. The molecule has 14 heteroatoms. The van der Waals surface area contributed by atoms with Gasteiger partial charge in [0.15, 0.2) is 17.3 Å². The summed E-state index contributed by atoms with van der Waals surface area (Å²) in [6.07, 6.45) is -0.221. The molecule has 1 aromatic carbocycles. The van der Waals surface area contributed by atoms with E-state index < -0.39 is 17.9 Å². The van der Waals surface area contributed by atoms with Gasteiger partial charge in [-0.25, -0.2) is 19.9 Å². The van der Waals surface area contributed by atoms with E-state index in [1.165, 1.54) is 26.4 Å². The summed E-state index contributed by atoms with van der Waals surface area (Å²) in [6, 6.07) is 6.25. The Hall–Kier alpha value is -4.59. The van der Waals surface area contributed by atoms with Crippen molar-refractivity contribution in [3.05, 3.63) is 65.7 Å². The Kier molecular flexibility index (Phi) is 8.07. The van der Waals surface area contributed by atoms with Crippen LogP contribution in [0.4, 0.5) is 13.2 Å². The lowest BCUT2D eigenvalue weighted by atomic mass is 9.91. The Bertz CT molecular complexity index is 1620. The average molecular weight is 584 g/mol. The molecule has 0 saturated carbocycles. The number of benzene rings is 1. The van der Waals surface area contributed by atoms with Gasteiger partial charge in [-0.2, -0.15) is 13.2 Å². The van der Waals surface area contributed by atoms with Gasteiger partial charge in [0.05, 0.1) is 13.2 Å². The molecule has 2 N–H and O–H groups in total. The van der Waals surface area contributed by atoms with Gasteiger partial charge in [0.2, 0.25) is 5.89 Å². The van der Waals surface area contributed by atoms with Crippen molar-refractivity contribution in [3.63, 3.8) is 0 Å². The number of alkyl halides is 3. The highest BCUT2D eigenvalue weighted by Gasteiger charge is 2.35. The van der Waals surface area contributed by atoms with Gasteiger partial charge in [0.1, 0.15) is 29.8 Å². The van der Waals surface area contributed by atoms with Gasteiger partial charge in [-0.05, 0) is 50.1 Å². The third-order valence-electron chi connectivity index (χ3n) is 6.98. The third-order valence-corrected chi connectivity index (χ3v) is 6.98. The van der Waals surface area contributed by atoms with E-state index in [-0.39, 0.29) is 40.4 Å². The normalized spacial score (nSPS) is 15.6. The zero-order valence-corrected chi connectivity index (χ0v) is 23.1. The predicted octanol–water partition coefficient (Wildman–Crippen LogP) is 4.63. The lowest BCUT2D eigenvalue weighted by molar-refractivity contribution is -0.140. The van der Waals surface area contributed by atoms with Crippen LogP contribution >= 0.6 is 0 Å². The number of piperidine rings is 1. The Morgan fingerprint density at radius 1 is 1.12 bits per heavy atom. The van der Waals surface area contributed by atoms with Crippen LogP contribution in [0.5, 0.6) is 5.75 Å². The zero-order chi connectivity index (χ0) is 30.0. The Morgan fingerprint density at radius 2 is 1.83 bits per heavy atom. The van der Waals surface area contributed by atoms with E-state index in [0.717, 1.165) is 6.07 Å². The van der Waals surface area contributed by atoms with Gasteiger partial charge >= 0.3 is 6.18 Å². The molecule has 0 radical (unpaired) electrons. The minimum absolute atomic E-state index is 0.0174. The van der Waals surface area contributed by atoms with Crippen LogP contribution in [0, 0.1) is 5.92 Å². The average Bonchev–Trinajstić information content (AvgIpc) is 3.44. The molecule has 1 saturated heterocycles. The molecule has 3 aromatic heterocycles. The van der Waals surface area contributed by atoms with Crippen molar-refractivity contribution >= 4 is 22.5 Å². The number of nitrogens with zero attached hydrogens (tertiary/aromatic N) is 6. The summed E-state index contributed by atoms with van der Waals surface area (Å²) in [4.78, 5) is 37.2. The summed E-state index contributed by atoms with van der Waals surface area (Å²) in [5.41, 5.74) is 6.07. The summed E-state index contributed by atoms with van der Waals surface area (Å²) >= 11 is 0. The molecule has 0 spiro atoms. The molecule has 4 heterocycles. The van der Waals surface area contributed by atoms with Gasteiger partial charge in [-0.3, -0.25) is 4.79 Å². The molecule has 11 nitrogen and oxygen atoms in total. The maximum atomic E-state index is 13.7. The largest absolute Gasteiger partial charge is 0.494 e. The van der Waals surface area contributed by atoms with Crippen molar-refractivity contribution in [2.45, 2.75) is 32.0 Å². The minimum atomic E-state index is -4.64. The number of fused-ring (bicyclic) bond motifs is 1. The molecule has 0 unspecified atom stereocenters. The van der Waals surface area contributed by atoms with Gasteiger partial charge in [0.25, 0.3) is 5.91 Å². The van der Waals surface area contributed by atoms with Crippen molar-refractivity contribution in [2.75, 3.05) is 27.3 Å². The number of oxime groups is 1. The number of oxazole rings is 1. The fourth-order valence-corrected chi connectivity index (χ4v) is 4.94. The van der Waals surface area contributed by atoms with Crippen LogP contribution in [0.1, 0.15) is 53.6 Å². The molecular formula is C28H28F3N7O4. The number of amides is 1. The van der Waals surface area contributed by atoms with Crippen LogP contribution in [-0.2, 0) is 11.0 Å². The Balaban J connectivity index is 1.44. The lowest BCUT2D eigenvalue weighted by Crippen LogP contribution is -2.41. The maximum absolute atomic E-state index is 13.7. The van der Waals surface area contributed by atoms with Gasteiger partial charge in [-0.1, -0.05) is 5.16 Å². The van der Waals surface area contributed by atoms with Crippen LogP contribution in [-0.4, -0.2) is 63.8 Å². The van der Waals surface area contributed by atoms with E-state index in [1.54, 1.807) is 36.4 Å². The van der Waals surface area contributed by atoms with Crippen LogP contribution in [0.2, 0.25) is 0 Å². The first-order chi connectivity index (χ1) is 20.1. The smallest absolute Gasteiger partial charge is 0.433 e. The second kappa shape index (κ2) is 11.7. The van der Waals surface area contributed by atoms with Gasteiger partial charge in [-0.15, -0.1) is 0 Å². The van der Waals surface area contributed by atoms with Crippen molar-refractivity contribution in [2.24, 2.45) is 16.8 Å². The van der Waals surface area contributed by atoms with Crippen molar-refractivity contribution in [1.29, 1.82) is 0 Å². The first-order valence-corrected chi connectivity index (χ1v) is 13.1. The fourth-order valence-electron chi connectivity index (χ4n) is 4.94. The predicted molar refractivity (Wildman–Crippen MR) is 146 cm³/mol. The van der Waals surface area contributed by atoms with Crippen molar-refractivity contribution in [1.82, 2.24) is 24.8 Å². The van der Waals surface area contributed by atoms with E-state index >= 15 is 0 Å². The number of aromatic nitrogens is 4. The third kappa shape index (κ3) is 5.62. The first-order valence-electron chi connectivity index (χ1n) is 13.1. The topological polar surface area (TPSA) is 142 Å². The van der Waals surface area contributed by atoms with Crippen molar-refractivity contribution < 1.29 is 32.0 Å². The van der Waals surface area contributed by atoms with E-state index in [4.69, 9.17) is 19.7 Å². The number of hydrogen-bond donors (Lipinski definition) is 1. The van der Waals surface area contributed by atoms with E-state index in [9.17, 15) is 18.0 Å². The molecule has 42 heavy (non-hydrogen) atoms. The number of rotatable bonds is 7. The molecule has 1 aliphatic rings. The SMILES string of the molecule is CON=C(c1ncccn1)C1CCN(C(=O)c2nc(-c3ccc(OC)c4nc(C(F)(F)F)ccc34)oc2[C@H](C)N)CC1. The number of nitrogens with two attached hydrogens (primary N) is 1. The second-order valence-corrected chi connectivity index (χ2v) is 9.72. The quantitative estimate of drug-likeness (QED) is 0.243. The molecule has 1 atom stereocenters. The van der Waals surface area contributed by atoms with E-state index in [0.29, 0.717) is 48.4 Å². The number of halogens is 3. The summed E-state index contributed by atoms with van der Waals surface area (Å²) in [5, 5.41) is 4.46. The van der Waals surface area contributed by atoms with Crippen LogP contribution in [0.25, 0.3) is 22.4 Å². The summed E-state index contributed by atoms with van der Waals surface area (Å²) in [6.45, 7) is 2.45. The molecule has 0 bridgehead atoms.